The number of benzene rings is 3. The van der Waals surface area contributed by atoms with Crippen LogP contribution in [0, 0.1) is 0 Å². The van der Waals surface area contributed by atoms with Gasteiger partial charge in [-0.25, -0.2) is 0 Å². The van der Waals surface area contributed by atoms with Crippen molar-refractivity contribution in [1.29, 1.82) is 0 Å². The molecule has 2 saturated heterocycles. The van der Waals surface area contributed by atoms with Gasteiger partial charge in [0.15, 0.2) is 0 Å². The van der Waals surface area contributed by atoms with Gasteiger partial charge in [-0.05, 0) is 67.3 Å². The molecule has 0 radical (unpaired) electrons. The summed E-state index contributed by atoms with van der Waals surface area (Å²) in [6.07, 6.45) is -1.94. The number of carbonyl (C=O) groups is 3. The number of nitrogens with zero attached hydrogens (tertiary/aromatic N) is 3. The minimum absolute atomic E-state index is 0.0752. The van der Waals surface area contributed by atoms with Crippen LogP contribution >= 0.6 is 0 Å². The number of hydrogen-bond donors (Lipinski definition) is 1. The first kappa shape index (κ1) is 30.1. The number of likely N-dealkylation sites (tertiary alicyclic amines) is 1. The first-order valence-corrected chi connectivity index (χ1v) is 14.7. The molecule has 5 rings (SSSR count). The number of rotatable bonds is 7. The average Bonchev–Trinajstić information content (AvgIpc) is 3.57. The highest BCUT2D eigenvalue weighted by atomic mass is 19.4. The van der Waals surface area contributed by atoms with E-state index in [0.717, 1.165) is 48.4 Å². The highest BCUT2D eigenvalue weighted by Gasteiger charge is 2.31. The molecule has 2 heterocycles. The van der Waals surface area contributed by atoms with E-state index in [-0.39, 0.29) is 23.3 Å². The normalized spacial score (nSPS) is 16.2. The molecule has 1 atom stereocenters. The second kappa shape index (κ2) is 12.9. The van der Waals surface area contributed by atoms with Crippen molar-refractivity contribution < 1.29 is 27.6 Å². The van der Waals surface area contributed by atoms with E-state index in [1.54, 1.807) is 23.1 Å². The van der Waals surface area contributed by atoms with E-state index in [1.165, 1.54) is 0 Å². The smallest absolute Gasteiger partial charge is 0.367 e. The number of amides is 3. The summed E-state index contributed by atoms with van der Waals surface area (Å²) < 4.78 is 38.8. The second-order valence-electron chi connectivity index (χ2n) is 10.9. The molecule has 3 amide bonds. The Morgan fingerprint density at radius 3 is 2.07 bits per heavy atom. The molecule has 0 bridgehead atoms. The minimum atomic E-state index is -4.49. The van der Waals surface area contributed by atoms with Crippen LogP contribution in [0.25, 0.3) is 0 Å². The van der Waals surface area contributed by atoms with E-state index >= 15 is 0 Å². The Hall–Kier alpha value is -4.34. The predicted molar refractivity (Wildman–Crippen MR) is 159 cm³/mol. The molecular weight excluding hydrogens is 557 g/mol. The zero-order valence-corrected chi connectivity index (χ0v) is 24.1. The van der Waals surface area contributed by atoms with Crippen molar-refractivity contribution in [3.05, 3.63) is 95.1 Å². The molecule has 3 aromatic carbocycles. The molecule has 43 heavy (non-hydrogen) atoms. The molecule has 0 unspecified atom stereocenters. The molecule has 226 valence electrons. The van der Waals surface area contributed by atoms with Crippen molar-refractivity contribution in [1.82, 2.24) is 9.80 Å². The third kappa shape index (κ3) is 6.84. The number of nitrogens with one attached hydrogen (secondary N) is 1. The fraction of sp³-hybridized carbons (Fsp3) is 0.364. The summed E-state index contributed by atoms with van der Waals surface area (Å²) in [5, 5.41) is 2.73. The summed E-state index contributed by atoms with van der Waals surface area (Å²) in [6, 6.07) is 18.9. The Morgan fingerprint density at radius 2 is 1.47 bits per heavy atom. The van der Waals surface area contributed by atoms with Crippen molar-refractivity contribution in [2.24, 2.45) is 0 Å². The summed E-state index contributed by atoms with van der Waals surface area (Å²) in [5.41, 5.74) is 1.79. The summed E-state index contributed by atoms with van der Waals surface area (Å²) in [6.45, 7) is 5.46. The largest absolute Gasteiger partial charge is 0.416 e. The van der Waals surface area contributed by atoms with Gasteiger partial charge in [-0.1, -0.05) is 37.3 Å². The second-order valence-corrected chi connectivity index (χ2v) is 10.9. The van der Waals surface area contributed by atoms with Crippen molar-refractivity contribution in [3.63, 3.8) is 0 Å². The Kier molecular flexibility index (Phi) is 9.03. The van der Waals surface area contributed by atoms with Gasteiger partial charge in [-0.3, -0.25) is 14.4 Å². The Labute approximate surface area is 249 Å². The van der Waals surface area contributed by atoms with Gasteiger partial charge in [-0.15, -0.1) is 0 Å². The summed E-state index contributed by atoms with van der Waals surface area (Å²) >= 11 is 0. The first-order chi connectivity index (χ1) is 20.7. The lowest BCUT2D eigenvalue weighted by atomic mass is 9.94. The van der Waals surface area contributed by atoms with Crippen molar-refractivity contribution in [3.8, 4) is 0 Å². The van der Waals surface area contributed by atoms with Crippen LogP contribution in [-0.4, -0.2) is 66.8 Å². The molecule has 3 aromatic rings. The van der Waals surface area contributed by atoms with E-state index in [2.05, 4.69) is 10.2 Å². The third-order valence-electron chi connectivity index (χ3n) is 8.19. The molecule has 0 aromatic heterocycles. The number of alkyl halides is 3. The molecule has 1 N–H and O–H groups in total. The predicted octanol–water partition coefficient (Wildman–Crippen LogP) is 6.04. The monoisotopic (exact) mass is 592 g/mol. The Bertz CT molecular complexity index is 1450. The maximum atomic E-state index is 13.6. The fourth-order valence-corrected chi connectivity index (χ4v) is 5.79. The molecule has 0 aliphatic carbocycles. The summed E-state index contributed by atoms with van der Waals surface area (Å²) in [5.74, 6) is -0.806. The van der Waals surface area contributed by atoms with Gasteiger partial charge in [0, 0.05) is 56.2 Å². The molecule has 2 aliphatic rings. The van der Waals surface area contributed by atoms with Crippen LogP contribution in [0.1, 0.15) is 63.9 Å². The number of piperazine rings is 1. The highest BCUT2D eigenvalue weighted by molar-refractivity contribution is 6.06. The number of anilines is 2. The van der Waals surface area contributed by atoms with E-state index in [9.17, 15) is 27.6 Å². The lowest BCUT2D eigenvalue weighted by Gasteiger charge is -2.38. The average molecular weight is 593 g/mol. The van der Waals surface area contributed by atoms with Gasteiger partial charge >= 0.3 is 6.18 Å². The molecular formula is C33H35F3N4O3. The van der Waals surface area contributed by atoms with Gasteiger partial charge in [0.1, 0.15) is 0 Å². The molecule has 7 nitrogen and oxygen atoms in total. The van der Waals surface area contributed by atoms with Crippen LogP contribution < -0.4 is 10.2 Å². The van der Waals surface area contributed by atoms with Gasteiger partial charge in [0.2, 0.25) is 5.91 Å². The van der Waals surface area contributed by atoms with Crippen LogP contribution in [0.3, 0.4) is 0 Å². The van der Waals surface area contributed by atoms with Crippen LogP contribution in [0.2, 0.25) is 0 Å². The third-order valence-corrected chi connectivity index (χ3v) is 8.19. The SMILES string of the molecule is CC[C@@H](C(=O)N1CCN(c2ccc(NC(=O)c3ccc(C(F)(F)F)cc3)cc2C(=O)N2CCCC2)CC1)c1ccccc1. The van der Waals surface area contributed by atoms with Crippen LogP contribution in [0.4, 0.5) is 24.5 Å². The highest BCUT2D eigenvalue weighted by Crippen LogP contribution is 2.31. The fourth-order valence-electron chi connectivity index (χ4n) is 5.79. The van der Waals surface area contributed by atoms with Gasteiger partial charge in [0.25, 0.3) is 11.8 Å². The number of carbonyl (C=O) groups excluding carboxylic acids is 3. The lowest BCUT2D eigenvalue weighted by Crippen LogP contribution is -2.50. The Morgan fingerprint density at radius 1 is 0.814 bits per heavy atom. The van der Waals surface area contributed by atoms with Crippen LogP contribution in [0.15, 0.2) is 72.8 Å². The van der Waals surface area contributed by atoms with Crippen molar-refractivity contribution in [2.45, 2.75) is 38.3 Å². The van der Waals surface area contributed by atoms with E-state index < -0.39 is 17.6 Å². The molecule has 0 spiro atoms. The topological polar surface area (TPSA) is 73.0 Å². The van der Waals surface area contributed by atoms with Gasteiger partial charge < -0.3 is 20.0 Å². The van der Waals surface area contributed by atoms with Crippen LogP contribution in [-0.2, 0) is 11.0 Å². The van der Waals surface area contributed by atoms with Crippen molar-refractivity contribution in [2.75, 3.05) is 49.5 Å². The van der Waals surface area contributed by atoms with Crippen LogP contribution in [0.5, 0.6) is 0 Å². The molecule has 10 heteroatoms. The first-order valence-electron chi connectivity index (χ1n) is 14.7. The zero-order chi connectivity index (χ0) is 30.6. The van der Waals surface area contributed by atoms with Gasteiger partial charge in [-0.2, -0.15) is 13.2 Å². The zero-order valence-electron chi connectivity index (χ0n) is 24.1. The number of hydrogen-bond acceptors (Lipinski definition) is 4. The van der Waals surface area contributed by atoms with E-state index in [0.29, 0.717) is 56.9 Å². The minimum Gasteiger partial charge on any atom is -0.367 e. The summed E-state index contributed by atoms with van der Waals surface area (Å²) in [4.78, 5) is 45.7. The van der Waals surface area contributed by atoms with E-state index in [4.69, 9.17) is 0 Å². The lowest BCUT2D eigenvalue weighted by molar-refractivity contribution is -0.137. The maximum absolute atomic E-state index is 13.6. The molecule has 0 saturated carbocycles. The standard InChI is InChI=1S/C33H35F3N4O3/c1-2-27(23-8-4-3-5-9-23)31(42)40-20-18-38(19-21-40)29-15-14-26(22-28(29)32(43)39-16-6-7-17-39)37-30(41)24-10-12-25(13-11-24)33(34,35)36/h3-5,8-15,22,27H,2,6-7,16-21H2,1H3,(H,37,41)/t27-/m1/s1. The summed E-state index contributed by atoms with van der Waals surface area (Å²) in [7, 11) is 0. The molecule has 2 aliphatic heterocycles. The van der Waals surface area contributed by atoms with Crippen molar-refractivity contribution >= 4 is 29.1 Å². The molecule has 2 fully saturated rings. The quantitative estimate of drug-likeness (QED) is 0.363. The van der Waals surface area contributed by atoms with E-state index in [1.807, 2.05) is 42.2 Å². The number of halogens is 3. The maximum Gasteiger partial charge on any atom is 0.416 e. The van der Waals surface area contributed by atoms with Gasteiger partial charge in [0.05, 0.1) is 17.0 Å². The Balaban J connectivity index is 1.32.